The standard InChI is InChI=1S/C10H10IN3S/c1-6-8(11)10(12-2)14-9(13-6)7-3-4-15-5-7/h3-5H,1-2H3,(H,12,13,14). The second-order valence-corrected chi connectivity index (χ2v) is 4.92. The molecule has 0 spiro atoms. The summed E-state index contributed by atoms with van der Waals surface area (Å²) in [6.45, 7) is 2.00. The molecule has 78 valence electrons. The van der Waals surface area contributed by atoms with Crippen molar-refractivity contribution in [3.05, 3.63) is 26.1 Å². The Morgan fingerprint density at radius 2 is 2.20 bits per heavy atom. The van der Waals surface area contributed by atoms with Crippen LogP contribution in [0.25, 0.3) is 11.4 Å². The summed E-state index contributed by atoms with van der Waals surface area (Å²) in [7, 11) is 1.88. The summed E-state index contributed by atoms with van der Waals surface area (Å²) in [5.41, 5.74) is 2.09. The summed E-state index contributed by atoms with van der Waals surface area (Å²) < 4.78 is 1.08. The molecule has 1 N–H and O–H groups in total. The third-order valence-electron chi connectivity index (χ3n) is 2.03. The first-order valence-electron chi connectivity index (χ1n) is 4.47. The SMILES string of the molecule is CNc1nc(-c2ccsc2)nc(C)c1I. The predicted octanol–water partition coefficient (Wildman–Crippen LogP) is 3.16. The van der Waals surface area contributed by atoms with Crippen LogP contribution in [0.4, 0.5) is 5.82 Å². The number of anilines is 1. The fourth-order valence-electron chi connectivity index (χ4n) is 1.25. The molecule has 0 saturated heterocycles. The second kappa shape index (κ2) is 4.44. The fourth-order valence-corrected chi connectivity index (χ4v) is 2.39. The maximum Gasteiger partial charge on any atom is 0.162 e. The van der Waals surface area contributed by atoms with Crippen molar-refractivity contribution in [2.24, 2.45) is 0 Å². The summed E-state index contributed by atoms with van der Waals surface area (Å²) in [6, 6.07) is 2.03. The van der Waals surface area contributed by atoms with Crippen LogP contribution >= 0.6 is 33.9 Å². The summed E-state index contributed by atoms with van der Waals surface area (Å²) in [6.07, 6.45) is 0. The molecule has 0 unspecified atom stereocenters. The zero-order valence-electron chi connectivity index (χ0n) is 8.41. The van der Waals surface area contributed by atoms with E-state index in [0.717, 1.165) is 26.5 Å². The largest absolute Gasteiger partial charge is 0.372 e. The topological polar surface area (TPSA) is 37.8 Å². The average Bonchev–Trinajstić information content (AvgIpc) is 2.75. The van der Waals surface area contributed by atoms with Gasteiger partial charge in [0.1, 0.15) is 5.82 Å². The van der Waals surface area contributed by atoms with E-state index in [0.29, 0.717) is 0 Å². The van der Waals surface area contributed by atoms with E-state index in [1.807, 2.05) is 25.4 Å². The van der Waals surface area contributed by atoms with Crippen molar-refractivity contribution in [3.8, 4) is 11.4 Å². The first kappa shape index (κ1) is 10.8. The molecule has 0 radical (unpaired) electrons. The van der Waals surface area contributed by atoms with E-state index in [2.05, 4.69) is 43.3 Å². The van der Waals surface area contributed by atoms with Gasteiger partial charge in [-0.25, -0.2) is 9.97 Å². The van der Waals surface area contributed by atoms with Gasteiger partial charge in [0, 0.05) is 18.0 Å². The highest BCUT2D eigenvalue weighted by atomic mass is 127. The first-order chi connectivity index (χ1) is 7.22. The lowest BCUT2D eigenvalue weighted by Crippen LogP contribution is -2.02. The van der Waals surface area contributed by atoms with E-state index in [1.165, 1.54) is 0 Å². The molecule has 0 fully saturated rings. The number of rotatable bonds is 2. The zero-order chi connectivity index (χ0) is 10.8. The van der Waals surface area contributed by atoms with Crippen molar-refractivity contribution in [1.82, 2.24) is 9.97 Å². The van der Waals surface area contributed by atoms with Crippen LogP contribution in [0.5, 0.6) is 0 Å². The highest BCUT2D eigenvalue weighted by Gasteiger charge is 2.09. The Morgan fingerprint density at radius 3 is 2.80 bits per heavy atom. The number of halogens is 1. The van der Waals surface area contributed by atoms with Crippen LogP contribution in [0.15, 0.2) is 16.8 Å². The molecule has 0 atom stereocenters. The van der Waals surface area contributed by atoms with Crippen molar-refractivity contribution in [3.63, 3.8) is 0 Å². The molecule has 0 aromatic carbocycles. The number of aromatic nitrogens is 2. The number of thiophene rings is 1. The molecule has 2 aromatic heterocycles. The number of nitrogens with zero attached hydrogens (tertiary/aromatic N) is 2. The molecule has 0 amide bonds. The van der Waals surface area contributed by atoms with Crippen molar-refractivity contribution in [2.75, 3.05) is 12.4 Å². The molecule has 0 aliphatic carbocycles. The Bertz CT molecular complexity index is 468. The average molecular weight is 331 g/mol. The molecule has 2 rings (SSSR count). The highest BCUT2D eigenvalue weighted by molar-refractivity contribution is 14.1. The van der Waals surface area contributed by atoms with Gasteiger partial charge in [-0.15, -0.1) is 0 Å². The van der Waals surface area contributed by atoms with Crippen LogP contribution < -0.4 is 5.32 Å². The van der Waals surface area contributed by atoms with E-state index >= 15 is 0 Å². The molecule has 5 heteroatoms. The number of hydrogen-bond acceptors (Lipinski definition) is 4. The third kappa shape index (κ3) is 2.12. The quantitative estimate of drug-likeness (QED) is 0.859. The van der Waals surface area contributed by atoms with Gasteiger partial charge in [0.15, 0.2) is 5.82 Å². The van der Waals surface area contributed by atoms with E-state index in [4.69, 9.17) is 0 Å². The summed E-state index contributed by atoms with van der Waals surface area (Å²) >= 11 is 3.91. The Hall–Kier alpha value is -0.690. The van der Waals surface area contributed by atoms with E-state index in [9.17, 15) is 0 Å². The Labute approximate surface area is 106 Å². The molecule has 0 aliphatic heterocycles. The maximum absolute atomic E-state index is 4.47. The minimum Gasteiger partial charge on any atom is -0.372 e. The Balaban J connectivity index is 2.55. The van der Waals surface area contributed by atoms with E-state index in [1.54, 1.807) is 11.3 Å². The zero-order valence-corrected chi connectivity index (χ0v) is 11.4. The molecule has 0 aliphatic rings. The van der Waals surface area contributed by atoms with E-state index in [-0.39, 0.29) is 0 Å². The van der Waals surface area contributed by atoms with Gasteiger partial charge in [-0.3, -0.25) is 0 Å². The van der Waals surface area contributed by atoms with Gasteiger partial charge in [-0.2, -0.15) is 11.3 Å². The van der Waals surface area contributed by atoms with Crippen LogP contribution in [0.3, 0.4) is 0 Å². The molecule has 3 nitrogen and oxygen atoms in total. The normalized spacial score (nSPS) is 10.3. The van der Waals surface area contributed by atoms with Crippen LogP contribution in [0.2, 0.25) is 0 Å². The monoisotopic (exact) mass is 331 g/mol. The fraction of sp³-hybridized carbons (Fsp3) is 0.200. The lowest BCUT2D eigenvalue weighted by molar-refractivity contribution is 1.09. The van der Waals surface area contributed by atoms with Crippen LogP contribution in [0.1, 0.15) is 5.69 Å². The van der Waals surface area contributed by atoms with Gasteiger partial charge in [0.2, 0.25) is 0 Å². The van der Waals surface area contributed by atoms with Gasteiger partial charge < -0.3 is 5.32 Å². The summed E-state index contributed by atoms with van der Waals surface area (Å²) in [5.74, 6) is 1.68. The molecule has 2 heterocycles. The molecule has 0 saturated carbocycles. The van der Waals surface area contributed by atoms with E-state index < -0.39 is 0 Å². The number of aryl methyl sites for hydroxylation is 1. The smallest absolute Gasteiger partial charge is 0.162 e. The van der Waals surface area contributed by atoms with Crippen molar-refractivity contribution in [1.29, 1.82) is 0 Å². The number of hydrogen-bond donors (Lipinski definition) is 1. The molecule has 2 aromatic rings. The Morgan fingerprint density at radius 1 is 1.40 bits per heavy atom. The van der Waals surface area contributed by atoms with Gasteiger partial charge >= 0.3 is 0 Å². The van der Waals surface area contributed by atoms with Gasteiger partial charge in [0.05, 0.1) is 9.26 Å². The van der Waals surface area contributed by atoms with Gasteiger partial charge in [0.25, 0.3) is 0 Å². The third-order valence-corrected chi connectivity index (χ3v) is 4.01. The summed E-state index contributed by atoms with van der Waals surface area (Å²) in [4.78, 5) is 8.94. The summed E-state index contributed by atoms with van der Waals surface area (Å²) in [5, 5.41) is 7.17. The van der Waals surface area contributed by atoms with Gasteiger partial charge in [-0.1, -0.05) is 0 Å². The lowest BCUT2D eigenvalue weighted by atomic mass is 10.3. The van der Waals surface area contributed by atoms with Crippen LogP contribution in [0, 0.1) is 10.5 Å². The molecule has 15 heavy (non-hydrogen) atoms. The predicted molar refractivity (Wildman–Crippen MR) is 72.3 cm³/mol. The van der Waals surface area contributed by atoms with Crippen molar-refractivity contribution >= 4 is 39.7 Å². The van der Waals surface area contributed by atoms with Crippen LogP contribution in [-0.4, -0.2) is 17.0 Å². The minimum absolute atomic E-state index is 0.790. The minimum atomic E-state index is 0.790. The number of nitrogens with one attached hydrogen (secondary N) is 1. The maximum atomic E-state index is 4.47. The molecule has 0 bridgehead atoms. The second-order valence-electron chi connectivity index (χ2n) is 3.06. The highest BCUT2D eigenvalue weighted by Crippen LogP contribution is 2.24. The van der Waals surface area contributed by atoms with Crippen molar-refractivity contribution < 1.29 is 0 Å². The first-order valence-corrected chi connectivity index (χ1v) is 6.49. The lowest BCUT2D eigenvalue weighted by Gasteiger charge is -2.07. The Kier molecular flexibility index (Phi) is 3.20. The molecular formula is C10H10IN3S. The van der Waals surface area contributed by atoms with Crippen LogP contribution in [-0.2, 0) is 0 Å². The molecular weight excluding hydrogens is 321 g/mol. The van der Waals surface area contributed by atoms with Crippen molar-refractivity contribution in [2.45, 2.75) is 6.92 Å². The van der Waals surface area contributed by atoms with Gasteiger partial charge in [-0.05, 0) is 41.0 Å².